The molecular formula is C20H33ClN2O3. The predicted octanol–water partition coefficient (Wildman–Crippen LogP) is 3.57. The molecule has 1 aromatic rings. The Morgan fingerprint density at radius 3 is 2.54 bits per heavy atom. The standard InChI is InChI=1S/C20H32N2O3.ClH/c1-2-24-15-16-25-19-12-8-7-11-18(19)20(23)22-14-13-21-17-9-5-3-4-6-10-17;/h7-8,11-12,17,21H,2-6,9-10,13-16H2,1H3,(H,22,23);1H. The molecule has 1 aliphatic carbocycles. The summed E-state index contributed by atoms with van der Waals surface area (Å²) in [6, 6.07) is 7.96. The number of hydrogen-bond acceptors (Lipinski definition) is 4. The van der Waals surface area contributed by atoms with Crippen LogP contribution in [0.4, 0.5) is 0 Å². The van der Waals surface area contributed by atoms with Crippen LogP contribution in [-0.4, -0.2) is 44.9 Å². The molecule has 2 N–H and O–H groups in total. The van der Waals surface area contributed by atoms with Crippen LogP contribution in [-0.2, 0) is 4.74 Å². The van der Waals surface area contributed by atoms with Crippen molar-refractivity contribution in [2.45, 2.75) is 51.5 Å². The van der Waals surface area contributed by atoms with Gasteiger partial charge in [0.2, 0.25) is 0 Å². The van der Waals surface area contributed by atoms with E-state index in [9.17, 15) is 4.79 Å². The molecule has 6 heteroatoms. The molecule has 1 aliphatic rings. The van der Waals surface area contributed by atoms with Gasteiger partial charge in [0, 0.05) is 25.7 Å². The maximum Gasteiger partial charge on any atom is 0.255 e. The van der Waals surface area contributed by atoms with Gasteiger partial charge in [0.1, 0.15) is 12.4 Å². The zero-order chi connectivity index (χ0) is 17.7. The van der Waals surface area contributed by atoms with Gasteiger partial charge in [-0.25, -0.2) is 0 Å². The summed E-state index contributed by atoms with van der Waals surface area (Å²) in [7, 11) is 0. The van der Waals surface area contributed by atoms with Crippen LogP contribution in [0.5, 0.6) is 5.75 Å². The molecule has 5 nitrogen and oxygen atoms in total. The second-order valence-electron chi connectivity index (χ2n) is 6.44. The maximum atomic E-state index is 12.4. The fourth-order valence-electron chi connectivity index (χ4n) is 3.17. The Hall–Kier alpha value is -1.30. The van der Waals surface area contributed by atoms with E-state index in [1.54, 1.807) is 6.07 Å². The quantitative estimate of drug-likeness (QED) is 0.478. The second kappa shape index (κ2) is 13.8. The van der Waals surface area contributed by atoms with Gasteiger partial charge in [-0.1, -0.05) is 37.8 Å². The van der Waals surface area contributed by atoms with Crippen LogP contribution in [0, 0.1) is 0 Å². The first-order chi connectivity index (χ1) is 12.3. The molecule has 0 unspecified atom stereocenters. The lowest BCUT2D eigenvalue weighted by molar-refractivity contribution is 0.0936. The Morgan fingerprint density at radius 1 is 1.08 bits per heavy atom. The summed E-state index contributed by atoms with van der Waals surface area (Å²) in [5, 5.41) is 6.55. The van der Waals surface area contributed by atoms with Gasteiger partial charge < -0.3 is 20.1 Å². The minimum Gasteiger partial charge on any atom is -0.490 e. The minimum absolute atomic E-state index is 0. The normalized spacial score (nSPS) is 15.0. The van der Waals surface area contributed by atoms with Crippen LogP contribution in [0.2, 0.25) is 0 Å². The molecule has 0 heterocycles. The summed E-state index contributed by atoms with van der Waals surface area (Å²) in [5.74, 6) is 0.520. The Kier molecular flexibility index (Phi) is 12.1. The van der Waals surface area contributed by atoms with Gasteiger partial charge in [0.15, 0.2) is 0 Å². The summed E-state index contributed by atoms with van der Waals surface area (Å²) in [4.78, 5) is 12.4. The van der Waals surface area contributed by atoms with Crippen LogP contribution in [0.25, 0.3) is 0 Å². The monoisotopic (exact) mass is 384 g/mol. The molecule has 0 atom stereocenters. The average molecular weight is 385 g/mol. The first-order valence-electron chi connectivity index (χ1n) is 9.62. The third-order valence-electron chi connectivity index (χ3n) is 4.52. The van der Waals surface area contributed by atoms with Crippen LogP contribution in [0.15, 0.2) is 24.3 Å². The number of nitrogens with one attached hydrogen (secondary N) is 2. The summed E-state index contributed by atoms with van der Waals surface area (Å²) in [5.41, 5.74) is 0.577. The highest BCUT2D eigenvalue weighted by Crippen LogP contribution is 2.18. The van der Waals surface area contributed by atoms with Crippen LogP contribution < -0.4 is 15.4 Å². The van der Waals surface area contributed by atoms with E-state index in [2.05, 4.69) is 10.6 Å². The van der Waals surface area contributed by atoms with E-state index in [1.165, 1.54) is 38.5 Å². The molecule has 0 radical (unpaired) electrons. The van der Waals surface area contributed by atoms with Gasteiger partial charge in [-0.3, -0.25) is 4.79 Å². The smallest absolute Gasteiger partial charge is 0.255 e. The number of benzene rings is 1. The van der Waals surface area contributed by atoms with Gasteiger partial charge >= 0.3 is 0 Å². The van der Waals surface area contributed by atoms with Crippen molar-refractivity contribution >= 4 is 18.3 Å². The molecule has 26 heavy (non-hydrogen) atoms. The van der Waals surface area contributed by atoms with Crippen molar-refractivity contribution in [3.8, 4) is 5.75 Å². The number of amides is 1. The average Bonchev–Trinajstić information content (AvgIpc) is 2.91. The fourth-order valence-corrected chi connectivity index (χ4v) is 3.17. The number of carbonyl (C=O) groups is 1. The molecule has 1 aromatic carbocycles. The summed E-state index contributed by atoms with van der Waals surface area (Å²) in [6.07, 6.45) is 7.85. The van der Waals surface area contributed by atoms with Crippen LogP contribution in [0.1, 0.15) is 55.8 Å². The zero-order valence-electron chi connectivity index (χ0n) is 15.8. The van der Waals surface area contributed by atoms with Crippen molar-refractivity contribution in [2.24, 2.45) is 0 Å². The number of halogens is 1. The number of rotatable bonds is 10. The molecule has 148 valence electrons. The summed E-state index contributed by atoms with van der Waals surface area (Å²) in [6.45, 7) is 5.02. The lowest BCUT2D eigenvalue weighted by Gasteiger charge is -2.16. The molecule has 0 aromatic heterocycles. The minimum atomic E-state index is -0.0883. The third-order valence-corrected chi connectivity index (χ3v) is 4.52. The summed E-state index contributed by atoms with van der Waals surface area (Å²) >= 11 is 0. The van der Waals surface area contributed by atoms with Crippen LogP contribution >= 0.6 is 12.4 Å². The van der Waals surface area contributed by atoms with Gasteiger partial charge in [-0.15, -0.1) is 12.4 Å². The molecule has 2 rings (SSSR count). The van der Waals surface area contributed by atoms with E-state index in [-0.39, 0.29) is 18.3 Å². The van der Waals surface area contributed by atoms with Crippen molar-refractivity contribution in [1.29, 1.82) is 0 Å². The Labute approximate surface area is 163 Å². The van der Waals surface area contributed by atoms with E-state index in [1.807, 2.05) is 25.1 Å². The number of para-hydroxylation sites is 1. The van der Waals surface area contributed by atoms with Gasteiger partial charge in [0.25, 0.3) is 5.91 Å². The summed E-state index contributed by atoms with van der Waals surface area (Å²) < 4.78 is 10.9. The van der Waals surface area contributed by atoms with E-state index in [4.69, 9.17) is 9.47 Å². The van der Waals surface area contributed by atoms with Gasteiger partial charge in [0.05, 0.1) is 12.2 Å². The molecule has 0 saturated heterocycles. The molecule has 0 aliphatic heterocycles. The van der Waals surface area contributed by atoms with Gasteiger partial charge in [-0.2, -0.15) is 0 Å². The van der Waals surface area contributed by atoms with E-state index < -0.39 is 0 Å². The zero-order valence-corrected chi connectivity index (χ0v) is 16.6. The second-order valence-corrected chi connectivity index (χ2v) is 6.44. The number of carbonyl (C=O) groups excluding carboxylic acids is 1. The highest BCUT2D eigenvalue weighted by Gasteiger charge is 2.13. The highest BCUT2D eigenvalue weighted by atomic mass is 35.5. The third kappa shape index (κ3) is 8.39. The number of ether oxygens (including phenoxy) is 2. The van der Waals surface area contributed by atoms with Crippen molar-refractivity contribution in [3.05, 3.63) is 29.8 Å². The first-order valence-corrected chi connectivity index (χ1v) is 9.62. The molecule has 1 saturated carbocycles. The highest BCUT2D eigenvalue weighted by molar-refractivity contribution is 5.96. The molecule has 1 amide bonds. The van der Waals surface area contributed by atoms with E-state index >= 15 is 0 Å². The lowest BCUT2D eigenvalue weighted by atomic mass is 10.1. The molecule has 1 fully saturated rings. The SMILES string of the molecule is CCOCCOc1ccccc1C(=O)NCCNC1CCCCCC1.Cl. The van der Waals surface area contributed by atoms with E-state index in [0.29, 0.717) is 43.7 Å². The Bertz CT molecular complexity index is 506. The van der Waals surface area contributed by atoms with Crippen LogP contribution in [0.3, 0.4) is 0 Å². The predicted molar refractivity (Wildman–Crippen MR) is 108 cm³/mol. The first kappa shape index (κ1) is 22.7. The van der Waals surface area contributed by atoms with E-state index in [0.717, 1.165) is 6.54 Å². The molecular weight excluding hydrogens is 352 g/mol. The van der Waals surface area contributed by atoms with Crippen molar-refractivity contribution in [3.63, 3.8) is 0 Å². The molecule has 0 bridgehead atoms. The molecule has 0 spiro atoms. The fraction of sp³-hybridized carbons (Fsp3) is 0.650. The van der Waals surface area contributed by atoms with Crippen molar-refractivity contribution in [2.75, 3.05) is 32.9 Å². The topological polar surface area (TPSA) is 59.6 Å². The van der Waals surface area contributed by atoms with Crippen molar-refractivity contribution in [1.82, 2.24) is 10.6 Å². The van der Waals surface area contributed by atoms with Crippen molar-refractivity contribution < 1.29 is 14.3 Å². The Balaban J connectivity index is 0.00000338. The van der Waals surface area contributed by atoms with Gasteiger partial charge in [-0.05, 0) is 31.9 Å². The lowest BCUT2D eigenvalue weighted by Crippen LogP contribution is -2.37. The number of hydrogen-bond donors (Lipinski definition) is 2. The Morgan fingerprint density at radius 2 is 1.81 bits per heavy atom. The maximum absolute atomic E-state index is 12.4. The largest absolute Gasteiger partial charge is 0.490 e.